The second kappa shape index (κ2) is 7.90. The van der Waals surface area contributed by atoms with Crippen LogP contribution >= 0.6 is 11.6 Å². The van der Waals surface area contributed by atoms with Crippen molar-refractivity contribution in [3.05, 3.63) is 77.7 Å². The number of carbonyl (C=O) groups excluding carboxylic acids is 1. The molecule has 2 aromatic carbocycles. The van der Waals surface area contributed by atoms with Gasteiger partial charge in [0.15, 0.2) is 6.61 Å². The van der Waals surface area contributed by atoms with E-state index in [1.54, 1.807) is 30.3 Å². The largest absolute Gasteiger partial charge is 0.482 e. The highest BCUT2D eigenvalue weighted by Crippen LogP contribution is 2.30. The van der Waals surface area contributed by atoms with Crippen LogP contribution in [0, 0.1) is 0 Å². The van der Waals surface area contributed by atoms with Crippen LogP contribution in [0.4, 0.5) is 0 Å². The van der Waals surface area contributed by atoms with Crippen LogP contribution in [0.15, 0.2) is 71.3 Å². The Balaban J connectivity index is 1.60. The van der Waals surface area contributed by atoms with E-state index in [4.69, 9.17) is 20.8 Å². The van der Waals surface area contributed by atoms with Gasteiger partial charge in [0.05, 0.1) is 17.8 Å². The minimum Gasteiger partial charge on any atom is -0.482 e. The average Bonchev–Trinajstić information content (AvgIpc) is 3.14. The summed E-state index contributed by atoms with van der Waals surface area (Å²) in [4.78, 5) is 13.7. The molecule has 0 atom stereocenters. The van der Waals surface area contributed by atoms with Gasteiger partial charge in [-0.25, -0.2) is 0 Å². The zero-order chi connectivity index (χ0) is 17.6. The van der Waals surface area contributed by atoms with E-state index in [1.807, 2.05) is 48.5 Å². The highest BCUT2D eigenvalue weighted by atomic mass is 35.5. The maximum absolute atomic E-state index is 12.2. The molecular weight excluding hydrogens is 338 g/mol. The summed E-state index contributed by atoms with van der Waals surface area (Å²) in [6.07, 6.45) is 1.58. The lowest BCUT2D eigenvalue weighted by molar-refractivity contribution is -0.132. The smallest absolute Gasteiger partial charge is 0.260 e. The third kappa shape index (κ3) is 4.43. The molecule has 25 heavy (non-hydrogen) atoms. The molecule has 0 saturated carbocycles. The normalized spacial score (nSPS) is 10.5. The van der Waals surface area contributed by atoms with Crippen molar-refractivity contribution in [1.82, 2.24) is 4.90 Å². The van der Waals surface area contributed by atoms with Gasteiger partial charge in [0.2, 0.25) is 0 Å². The number of ether oxygens (including phenoxy) is 1. The SMILES string of the molecule is CN(Cc1ccco1)C(=O)COc1ccc(-c2ccccc2)cc1Cl. The second-order valence-electron chi connectivity index (χ2n) is 5.63. The molecule has 0 radical (unpaired) electrons. The maximum atomic E-state index is 12.2. The molecule has 0 spiro atoms. The number of nitrogens with zero attached hydrogens (tertiary/aromatic N) is 1. The van der Waals surface area contributed by atoms with Crippen molar-refractivity contribution >= 4 is 17.5 Å². The van der Waals surface area contributed by atoms with Gasteiger partial charge in [0.25, 0.3) is 5.91 Å². The monoisotopic (exact) mass is 355 g/mol. The minimum atomic E-state index is -0.153. The molecule has 1 amide bonds. The molecule has 0 aliphatic rings. The van der Waals surface area contributed by atoms with E-state index in [0.29, 0.717) is 17.3 Å². The zero-order valence-corrected chi connectivity index (χ0v) is 14.6. The fourth-order valence-corrected chi connectivity index (χ4v) is 2.64. The summed E-state index contributed by atoms with van der Waals surface area (Å²) in [6.45, 7) is 0.317. The molecule has 3 aromatic rings. The Kier molecular flexibility index (Phi) is 5.41. The first-order valence-electron chi connectivity index (χ1n) is 7.87. The van der Waals surface area contributed by atoms with Crippen LogP contribution in [0.2, 0.25) is 5.02 Å². The highest BCUT2D eigenvalue weighted by molar-refractivity contribution is 6.32. The van der Waals surface area contributed by atoms with Gasteiger partial charge in [-0.2, -0.15) is 0 Å². The molecule has 1 aromatic heterocycles. The number of likely N-dealkylation sites (N-methyl/N-ethyl adjacent to an activating group) is 1. The standard InChI is InChI=1S/C20H18ClNO3/c1-22(13-17-8-5-11-24-17)20(23)14-25-19-10-9-16(12-18(19)21)15-6-3-2-4-7-15/h2-12H,13-14H2,1H3. The van der Waals surface area contributed by atoms with Gasteiger partial charge in [0, 0.05) is 7.05 Å². The van der Waals surface area contributed by atoms with Gasteiger partial charge in [-0.05, 0) is 35.4 Å². The van der Waals surface area contributed by atoms with Gasteiger partial charge in [-0.15, -0.1) is 0 Å². The van der Waals surface area contributed by atoms with Crippen LogP contribution in [0.25, 0.3) is 11.1 Å². The predicted octanol–water partition coefficient (Wildman–Crippen LogP) is 4.64. The first kappa shape index (κ1) is 17.1. The highest BCUT2D eigenvalue weighted by Gasteiger charge is 2.13. The minimum absolute atomic E-state index is 0.0817. The van der Waals surface area contributed by atoms with Crippen molar-refractivity contribution in [1.29, 1.82) is 0 Å². The van der Waals surface area contributed by atoms with Gasteiger partial charge in [-0.3, -0.25) is 4.79 Å². The van der Waals surface area contributed by atoms with Crippen LogP contribution < -0.4 is 4.74 Å². The summed E-state index contributed by atoms with van der Waals surface area (Å²) in [5.74, 6) is 1.06. The van der Waals surface area contributed by atoms with E-state index in [9.17, 15) is 4.79 Å². The van der Waals surface area contributed by atoms with Crippen molar-refractivity contribution in [2.45, 2.75) is 6.54 Å². The Morgan fingerprint density at radius 2 is 1.88 bits per heavy atom. The summed E-state index contributed by atoms with van der Waals surface area (Å²) in [5, 5.41) is 0.475. The predicted molar refractivity (Wildman–Crippen MR) is 97.6 cm³/mol. The van der Waals surface area contributed by atoms with Crippen LogP contribution in [0.1, 0.15) is 5.76 Å². The number of benzene rings is 2. The maximum Gasteiger partial charge on any atom is 0.260 e. The third-order valence-electron chi connectivity index (χ3n) is 3.79. The molecule has 3 rings (SSSR count). The molecule has 0 N–H and O–H groups in total. The van der Waals surface area contributed by atoms with Crippen LogP contribution in [-0.2, 0) is 11.3 Å². The number of halogens is 1. The summed E-state index contributed by atoms with van der Waals surface area (Å²) in [5.41, 5.74) is 2.07. The topological polar surface area (TPSA) is 42.7 Å². The molecule has 0 bridgehead atoms. The van der Waals surface area contributed by atoms with Gasteiger partial charge >= 0.3 is 0 Å². The number of hydrogen-bond donors (Lipinski definition) is 0. The number of furan rings is 1. The summed E-state index contributed by atoms with van der Waals surface area (Å²) in [6, 6.07) is 19.1. The first-order chi connectivity index (χ1) is 12.1. The fraction of sp³-hybridized carbons (Fsp3) is 0.150. The first-order valence-corrected chi connectivity index (χ1v) is 8.25. The van der Waals surface area contributed by atoms with E-state index in [2.05, 4.69) is 0 Å². The lowest BCUT2D eigenvalue weighted by Gasteiger charge is -2.16. The van der Waals surface area contributed by atoms with E-state index < -0.39 is 0 Å². The molecule has 128 valence electrons. The quantitative estimate of drug-likeness (QED) is 0.647. The number of carbonyl (C=O) groups is 1. The van der Waals surface area contributed by atoms with Crippen molar-refractivity contribution < 1.29 is 13.9 Å². The molecule has 5 heteroatoms. The van der Waals surface area contributed by atoms with E-state index in [-0.39, 0.29) is 12.5 Å². The number of rotatable bonds is 6. The zero-order valence-electron chi connectivity index (χ0n) is 13.8. The van der Waals surface area contributed by atoms with E-state index >= 15 is 0 Å². The van der Waals surface area contributed by atoms with Crippen molar-refractivity contribution in [2.75, 3.05) is 13.7 Å². The number of hydrogen-bond acceptors (Lipinski definition) is 3. The summed E-state index contributed by atoms with van der Waals surface area (Å²) < 4.78 is 10.8. The van der Waals surface area contributed by atoms with Crippen molar-refractivity contribution in [2.24, 2.45) is 0 Å². The average molecular weight is 356 g/mol. The molecule has 0 aliphatic heterocycles. The lowest BCUT2D eigenvalue weighted by Crippen LogP contribution is -2.30. The molecule has 4 nitrogen and oxygen atoms in total. The van der Waals surface area contributed by atoms with Crippen molar-refractivity contribution in [3.8, 4) is 16.9 Å². The third-order valence-corrected chi connectivity index (χ3v) is 4.08. The van der Waals surface area contributed by atoms with Gasteiger partial charge in [0.1, 0.15) is 11.5 Å². The fourth-order valence-electron chi connectivity index (χ4n) is 2.40. The molecule has 0 unspecified atom stereocenters. The van der Waals surface area contributed by atoms with Crippen LogP contribution in [0.5, 0.6) is 5.75 Å². The Labute approximate surface area is 151 Å². The molecular formula is C20H18ClNO3. The molecule has 0 fully saturated rings. The van der Waals surface area contributed by atoms with Crippen LogP contribution in [0.3, 0.4) is 0 Å². The molecule has 0 saturated heterocycles. The van der Waals surface area contributed by atoms with Gasteiger partial charge in [-0.1, -0.05) is 48.0 Å². The van der Waals surface area contributed by atoms with E-state index in [0.717, 1.165) is 16.9 Å². The Morgan fingerprint density at radius 1 is 1.08 bits per heavy atom. The summed E-state index contributed by atoms with van der Waals surface area (Å²) >= 11 is 6.29. The van der Waals surface area contributed by atoms with E-state index in [1.165, 1.54) is 0 Å². The Hall–Kier alpha value is -2.72. The number of amides is 1. The summed E-state index contributed by atoms with van der Waals surface area (Å²) in [7, 11) is 1.70. The Bertz CT molecular complexity index is 831. The van der Waals surface area contributed by atoms with Crippen LogP contribution in [-0.4, -0.2) is 24.5 Å². The molecule has 0 aliphatic carbocycles. The molecule has 1 heterocycles. The lowest BCUT2D eigenvalue weighted by atomic mass is 10.1. The second-order valence-corrected chi connectivity index (χ2v) is 6.04. The van der Waals surface area contributed by atoms with Gasteiger partial charge < -0.3 is 14.1 Å². The van der Waals surface area contributed by atoms with Crippen molar-refractivity contribution in [3.63, 3.8) is 0 Å². The Morgan fingerprint density at radius 3 is 2.56 bits per heavy atom.